The summed E-state index contributed by atoms with van der Waals surface area (Å²) in [4.78, 5) is 1.60. The summed E-state index contributed by atoms with van der Waals surface area (Å²) >= 11 is 5.25. The molecule has 0 atom stereocenters. The van der Waals surface area contributed by atoms with Gasteiger partial charge in [0.2, 0.25) is 0 Å². The van der Waals surface area contributed by atoms with Gasteiger partial charge in [0, 0.05) is 24.6 Å². The van der Waals surface area contributed by atoms with Crippen molar-refractivity contribution < 1.29 is 22.8 Å². The van der Waals surface area contributed by atoms with Crippen LogP contribution in [0, 0.1) is 0 Å². The maximum atomic E-state index is 12.1. The highest BCUT2D eigenvalue weighted by molar-refractivity contribution is 7.80. The predicted molar refractivity (Wildman–Crippen MR) is 86.7 cm³/mol. The van der Waals surface area contributed by atoms with Gasteiger partial charge in [-0.2, -0.15) is 0 Å². The molecule has 8 heteroatoms. The highest BCUT2D eigenvalue weighted by Gasteiger charge is 2.31. The molecule has 0 saturated carbocycles. The summed E-state index contributed by atoms with van der Waals surface area (Å²) in [5.74, 6) is -0.253. The average Bonchev–Trinajstić information content (AvgIpc) is 2.48. The second-order valence-corrected chi connectivity index (χ2v) is 5.96. The van der Waals surface area contributed by atoms with E-state index in [2.05, 4.69) is 22.3 Å². The van der Waals surface area contributed by atoms with Crippen LogP contribution in [0.25, 0.3) is 0 Å². The molecule has 0 unspecified atom stereocenters. The van der Waals surface area contributed by atoms with Crippen molar-refractivity contribution in [2.24, 2.45) is 0 Å². The van der Waals surface area contributed by atoms with Gasteiger partial charge in [0.25, 0.3) is 0 Å². The normalized spacial score (nSPS) is 21.6. The molecule has 1 saturated heterocycles. The lowest BCUT2D eigenvalue weighted by Crippen LogP contribution is -3.13. The lowest BCUT2D eigenvalue weighted by Gasteiger charge is -2.29. The van der Waals surface area contributed by atoms with E-state index < -0.39 is 6.36 Å². The molecule has 1 aliphatic rings. The number of quaternary nitrogens is 1. The second kappa shape index (κ2) is 7.83. The Balaban J connectivity index is 1.79. The number of benzene rings is 1. The van der Waals surface area contributed by atoms with Gasteiger partial charge in [-0.25, -0.2) is 0 Å². The van der Waals surface area contributed by atoms with Crippen molar-refractivity contribution in [2.45, 2.75) is 32.2 Å². The number of halogens is 3. The van der Waals surface area contributed by atoms with E-state index in [4.69, 9.17) is 12.2 Å². The lowest BCUT2D eigenvalue weighted by atomic mass is 10.1. The van der Waals surface area contributed by atoms with Crippen molar-refractivity contribution >= 4 is 23.0 Å². The third kappa shape index (κ3) is 6.23. The van der Waals surface area contributed by atoms with Crippen LogP contribution in [0.15, 0.2) is 24.3 Å². The van der Waals surface area contributed by atoms with E-state index in [1.807, 2.05) is 0 Å². The highest BCUT2D eigenvalue weighted by Crippen LogP contribution is 2.23. The van der Waals surface area contributed by atoms with E-state index in [-0.39, 0.29) is 5.75 Å². The summed E-state index contributed by atoms with van der Waals surface area (Å²) in [6.07, 6.45) is -2.56. The molecule has 1 heterocycles. The Morgan fingerprint density at radius 3 is 2.39 bits per heavy atom. The monoisotopic (exact) mass is 348 g/mol. The van der Waals surface area contributed by atoms with Crippen molar-refractivity contribution in [3.05, 3.63) is 24.3 Å². The van der Waals surface area contributed by atoms with Crippen LogP contribution in [0.5, 0.6) is 5.75 Å². The Hall–Kier alpha value is -1.54. The molecule has 128 valence electrons. The van der Waals surface area contributed by atoms with Crippen LogP contribution in [0.3, 0.4) is 0 Å². The minimum absolute atomic E-state index is 0.253. The van der Waals surface area contributed by atoms with Crippen molar-refractivity contribution in [2.75, 3.05) is 25.0 Å². The second-order valence-electron chi connectivity index (χ2n) is 5.55. The molecule has 1 fully saturated rings. The van der Waals surface area contributed by atoms with E-state index in [9.17, 15) is 13.2 Å². The fourth-order valence-corrected chi connectivity index (χ4v) is 2.90. The third-order valence-electron chi connectivity index (χ3n) is 3.87. The summed E-state index contributed by atoms with van der Waals surface area (Å²) in [5.41, 5.74) is 0.619. The molecular weight excluding hydrogens is 327 g/mol. The number of ether oxygens (including phenoxy) is 1. The molecule has 1 aliphatic heterocycles. The smallest absolute Gasteiger partial charge is 0.406 e. The van der Waals surface area contributed by atoms with Crippen LogP contribution in [-0.2, 0) is 0 Å². The lowest BCUT2D eigenvalue weighted by molar-refractivity contribution is -0.903. The van der Waals surface area contributed by atoms with Gasteiger partial charge in [-0.15, -0.1) is 13.2 Å². The summed E-state index contributed by atoms with van der Waals surface area (Å²) in [6, 6.07) is 5.85. The first-order valence-corrected chi connectivity index (χ1v) is 8.03. The molecule has 0 bridgehead atoms. The Kier molecular flexibility index (Phi) is 6.06. The van der Waals surface area contributed by atoms with Gasteiger partial charge < -0.3 is 20.3 Å². The zero-order chi connectivity index (χ0) is 16.9. The van der Waals surface area contributed by atoms with E-state index in [0.717, 1.165) is 32.5 Å². The van der Waals surface area contributed by atoms with Crippen LogP contribution < -0.4 is 20.3 Å². The Bertz CT molecular complexity index is 514. The van der Waals surface area contributed by atoms with Gasteiger partial charge in [-0.05, 0) is 43.4 Å². The number of hydrogen-bond acceptors (Lipinski definition) is 2. The molecular formula is C15H21F3N3OS+. The maximum absolute atomic E-state index is 12.1. The molecule has 1 aromatic rings. The third-order valence-corrected chi connectivity index (χ3v) is 4.09. The molecule has 0 radical (unpaired) electrons. The van der Waals surface area contributed by atoms with E-state index >= 15 is 0 Å². The number of anilines is 1. The fourth-order valence-electron chi connectivity index (χ4n) is 2.62. The molecule has 4 nitrogen and oxygen atoms in total. The van der Waals surface area contributed by atoms with Crippen molar-refractivity contribution in [3.8, 4) is 5.75 Å². The first kappa shape index (κ1) is 17.8. The summed E-state index contributed by atoms with van der Waals surface area (Å²) in [5, 5.41) is 6.73. The Morgan fingerprint density at radius 2 is 1.87 bits per heavy atom. The SMILES string of the molecule is CC[NH+]1CCC(NC(=S)Nc2ccc(OC(F)(F)F)cc2)CC1. The van der Waals surface area contributed by atoms with E-state index in [1.165, 1.54) is 24.3 Å². The van der Waals surface area contributed by atoms with Crippen LogP contribution in [0.1, 0.15) is 19.8 Å². The largest absolute Gasteiger partial charge is 0.573 e. The molecule has 23 heavy (non-hydrogen) atoms. The number of rotatable bonds is 4. The average molecular weight is 348 g/mol. The van der Waals surface area contributed by atoms with Crippen molar-refractivity contribution in [1.82, 2.24) is 5.32 Å². The molecule has 0 spiro atoms. The van der Waals surface area contributed by atoms with Crippen molar-refractivity contribution in [1.29, 1.82) is 0 Å². The number of piperidine rings is 1. The first-order valence-electron chi connectivity index (χ1n) is 7.62. The standard InChI is InChI=1S/C15H20F3N3OS/c1-2-21-9-7-12(8-10-21)20-14(23)19-11-3-5-13(6-4-11)22-15(16,17)18/h3-6,12H,2,7-10H2,1H3,(H2,19,20,23)/p+1. The van der Waals surface area contributed by atoms with Gasteiger partial charge in [0.15, 0.2) is 5.11 Å². The zero-order valence-electron chi connectivity index (χ0n) is 12.9. The maximum Gasteiger partial charge on any atom is 0.573 e. The van der Waals surface area contributed by atoms with Gasteiger partial charge in [0.05, 0.1) is 19.6 Å². The molecule has 1 aromatic carbocycles. The number of alkyl halides is 3. The molecule has 3 N–H and O–H groups in total. The van der Waals surface area contributed by atoms with Gasteiger partial charge in [-0.1, -0.05) is 0 Å². The number of hydrogen-bond donors (Lipinski definition) is 3. The molecule has 0 aliphatic carbocycles. The number of nitrogens with one attached hydrogen (secondary N) is 3. The molecule has 0 aromatic heterocycles. The van der Waals surface area contributed by atoms with E-state index in [0.29, 0.717) is 16.8 Å². The fraction of sp³-hybridized carbons (Fsp3) is 0.533. The Morgan fingerprint density at radius 1 is 1.26 bits per heavy atom. The van der Waals surface area contributed by atoms with E-state index in [1.54, 1.807) is 4.90 Å². The topological polar surface area (TPSA) is 37.7 Å². The van der Waals surface area contributed by atoms with Crippen molar-refractivity contribution in [3.63, 3.8) is 0 Å². The summed E-state index contributed by atoms with van der Waals surface area (Å²) in [6.45, 7) is 5.57. The van der Waals surface area contributed by atoms with Gasteiger partial charge in [0.1, 0.15) is 5.75 Å². The van der Waals surface area contributed by atoms with Gasteiger partial charge in [-0.3, -0.25) is 0 Å². The minimum Gasteiger partial charge on any atom is -0.406 e. The molecule has 0 amide bonds. The van der Waals surface area contributed by atoms with Crippen LogP contribution in [0.4, 0.5) is 18.9 Å². The van der Waals surface area contributed by atoms with Crippen LogP contribution in [0.2, 0.25) is 0 Å². The van der Waals surface area contributed by atoms with Crippen LogP contribution >= 0.6 is 12.2 Å². The van der Waals surface area contributed by atoms with Gasteiger partial charge >= 0.3 is 6.36 Å². The highest BCUT2D eigenvalue weighted by atomic mass is 32.1. The minimum atomic E-state index is -4.68. The summed E-state index contributed by atoms with van der Waals surface area (Å²) < 4.78 is 40.1. The first-order chi connectivity index (χ1) is 10.9. The number of likely N-dealkylation sites (tertiary alicyclic amines) is 1. The van der Waals surface area contributed by atoms with Crippen LogP contribution in [-0.4, -0.2) is 37.2 Å². The predicted octanol–water partition coefficient (Wildman–Crippen LogP) is 1.94. The Labute approximate surface area is 139 Å². The quantitative estimate of drug-likeness (QED) is 0.727. The molecule has 2 rings (SSSR count). The number of thiocarbonyl (C=S) groups is 1. The summed E-state index contributed by atoms with van der Waals surface area (Å²) in [7, 11) is 0. The zero-order valence-corrected chi connectivity index (χ0v) is 13.7.